The summed E-state index contributed by atoms with van der Waals surface area (Å²) in [5.41, 5.74) is 1.63. The number of carbonyl (C=O) groups excluding carboxylic acids is 2. The van der Waals surface area contributed by atoms with Crippen LogP contribution in [0.25, 0.3) is 5.57 Å². The molecule has 3 rings (SSSR count). The number of imide groups is 1. The summed E-state index contributed by atoms with van der Waals surface area (Å²) >= 11 is 0. The molecule has 7 nitrogen and oxygen atoms in total. The number of hydrogen-bond acceptors (Lipinski definition) is 6. The van der Waals surface area contributed by atoms with Crippen LogP contribution in [0, 0.1) is 5.92 Å². The van der Waals surface area contributed by atoms with Gasteiger partial charge in [0.15, 0.2) is 11.5 Å². The topological polar surface area (TPSA) is 68.3 Å². The monoisotopic (exact) mass is 416 g/mol. The molecule has 164 valence electrons. The SMILES string of the molecule is CCOCCCN1C(=O)C(c2ccc(OC)c(OC)c2)=C(N2CCCC(C)C2)C1=O. The molecule has 1 fully saturated rings. The smallest absolute Gasteiger partial charge is 0.277 e. The minimum atomic E-state index is -0.253. The van der Waals surface area contributed by atoms with Crippen LogP contribution in [-0.4, -0.2) is 68.7 Å². The second-order valence-electron chi connectivity index (χ2n) is 7.80. The lowest BCUT2D eigenvalue weighted by Gasteiger charge is -2.33. The second kappa shape index (κ2) is 9.98. The van der Waals surface area contributed by atoms with Gasteiger partial charge in [0.2, 0.25) is 0 Å². The summed E-state index contributed by atoms with van der Waals surface area (Å²) < 4.78 is 16.1. The van der Waals surface area contributed by atoms with E-state index in [1.54, 1.807) is 26.4 Å². The van der Waals surface area contributed by atoms with Crippen molar-refractivity contribution in [3.8, 4) is 11.5 Å². The fraction of sp³-hybridized carbons (Fsp3) is 0.565. The first kappa shape index (κ1) is 22.2. The van der Waals surface area contributed by atoms with Crippen LogP contribution in [0.5, 0.6) is 11.5 Å². The summed E-state index contributed by atoms with van der Waals surface area (Å²) in [5, 5.41) is 0. The molecule has 0 N–H and O–H groups in total. The third-order valence-corrected chi connectivity index (χ3v) is 5.66. The number of ether oxygens (including phenoxy) is 3. The molecule has 0 aromatic heterocycles. The van der Waals surface area contributed by atoms with Crippen LogP contribution >= 0.6 is 0 Å². The first-order chi connectivity index (χ1) is 14.5. The molecule has 1 aromatic carbocycles. The Morgan fingerprint density at radius 2 is 1.87 bits per heavy atom. The summed E-state index contributed by atoms with van der Waals surface area (Å²) in [4.78, 5) is 30.2. The number of hydrogen-bond donors (Lipinski definition) is 0. The molecular weight excluding hydrogens is 384 g/mol. The summed E-state index contributed by atoms with van der Waals surface area (Å²) in [6, 6.07) is 5.36. The minimum Gasteiger partial charge on any atom is -0.493 e. The van der Waals surface area contributed by atoms with Gasteiger partial charge in [0, 0.05) is 32.8 Å². The zero-order chi connectivity index (χ0) is 21.7. The van der Waals surface area contributed by atoms with Crippen LogP contribution in [0.1, 0.15) is 38.7 Å². The molecule has 0 radical (unpaired) electrons. The second-order valence-corrected chi connectivity index (χ2v) is 7.80. The molecule has 2 aliphatic rings. The average Bonchev–Trinajstić information content (AvgIpc) is 3.00. The average molecular weight is 417 g/mol. The van der Waals surface area contributed by atoms with Gasteiger partial charge in [-0.2, -0.15) is 0 Å². The summed E-state index contributed by atoms with van der Waals surface area (Å²) in [6.07, 6.45) is 2.76. The maximum atomic E-state index is 13.4. The van der Waals surface area contributed by atoms with Crippen molar-refractivity contribution >= 4 is 17.4 Å². The van der Waals surface area contributed by atoms with Crippen molar-refractivity contribution in [2.45, 2.75) is 33.1 Å². The predicted octanol–water partition coefficient (Wildman–Crippen LogP) is 2.94. The van der Waals surface area contributed by atoms with Gasteiger partial charge in [0.25, 0.3) is 11.8 Å². The fourth-order valence-corrected chi connectivity index (χ4v) is 4.17. The van der Waals surface area contributed by atoms with E-state index in [0.29, 0.717) is 60.4 Å². The van der Waals surface area contributed by atoms with E-state index < -0.39 is 0 Å². The van der Waals surface area contributed by atoms with Crippen LogP contribution in [0.15, 0.2) is 23.9 Å². The van der Waals surface area contributed by atoms with E-state index in [1.807, 2.05) is 13.0 Å². The van der Waals surface area contributed by atoms with Crippen LogP contribution in [0.2, 0.25) is 0 Å². The van der Waals surface area contributed by atoms with Crippen molar-refractivity contribution in [3.05, 3.63) is 29.5 Å². The van der Waals surface area contributed by atoms with E-state index in [2.05, 4.69) is 11.8 Å². The normalized spacial score (nSPS) is 19.7. The van der Waals surface area contributed by atoms with E-state index in [9.17, 15) is 9.59 Å². The van der Waals surface area contributed by atoms with Crippen LogP contribution < -0.4 is 9.47 Å². The van der Waals surface area contributed by atoms with Gasteiger partial charge in [-0.1, -0.05) is 13.0 Å². The molecule has 0 bridgehead atoms. The van der Waals surface area contributed by atoms with Crippen LogP contribution in [0.3, 0.4) is 0 Å². The molecule has 2 heterocycles. The van der Waals surface area contributed by atoms with Gasteiger partial charge < -0.3 is 19.1 Å². The maximum Gasteiger partial charge on any atom is 0.277 e. The van der Waals surface area contributed by atoms with E-state index in [0.717, 1.165) is 25.9 Å². The van der Waals surface area contributed by atoms with Crippen molar-refractivity contribution < 1.29 is 23.8 Å². The van der Waals surface area contributed by atoms with Crippen molar-refractivity contribution in [1.29, 1.82) is 0 Å². The van der Waals surface area contributed by atoms with Gasteiger partial charge in [-0.15, -0.1) is 0 Å². The lowest BCUT2D eigenvalue weighted by molar-refractivity contribution is -0.137. The lowest BCUT2D eigenvalue weighted by atomic mass is 9.97. The molecule has 1 unspecified atom stereocenters. The number of rotatable bonds is 9. The number of benzene rings is 1. The lowest BCUT2D eigenvalue weighted by Crippen LogP contribution is -2.39. The molecule has 2 aliphatic heterocycles. The maximum absolute atomic E-state index is 13.4. The Hall–Kier alpha value is -2.54. The minimum absolute atomic E-state index is 0.213. The number of carbonyl (C=O) groups is 2. The number of piperidine rings is 1. The Morgan fingerprint density at radius 1 is 1.10 bits per heavy atom. The van der Waals surface area contributed by atoms with Crippen molar-refractivity contribution in [3.63, 3.8) is 0 Å². The highest BCUT2D eigenvalue weighted by Crippen LogP contribution is 2.37. The molecule has 1 atom stereocenters. The molecule has 0 aliphatic carbocycles. The van der Waals surface area contributed by atoms with Crippen molar-refractivity contribution in [1.82, 2.24) is 9.80 Å². The van der Waals surface area contributed by atoms with E-state index in [4.69, 9.17) is 14.2 Å². The van der Waals surface area contributed by atoms with Gasteiger partial charge in [-0.3, -0.25) is 14.5 Å². The Balaban J connectivity index is 1.99. The Bertz CT molecular complexity index is 820. The first-order valence-electron chi connectivity index (χ1n) is 10.7. The van der Waals surface area contributed by atoms with Gasteiger partial charge in [0.1, 0.15) is 5.70 Å². The fourth-order valence-electron chi connectivity index (χ4n) is 4.17. The third-order valence-electron chi connectivity index (χ3n) is 5.66. The molecule has 30 heavy (non-hydrogen) atoms. The molecule has 1 aromatic rings. The molecule has 0 spiro atoms. The van der Waals surface area contributed by atoms with Gasteiger partial charge in [-0.25, -0.2) is 0 Å². The van der Waals surface area contributed by atoms with E-state index in [1.165, 1.54) is 4.90 Å². The Kier molecular flexibility index (Phi) is 7.37. The van der Waals surface area contributed by atoms with Crippen molar-refractivity contribution in [2.75, 3.05) is 47.1 Å². The summed E-state index contributed by atoms with van der Waals surface area (Å²) in [7, 11) is 3.13. The molecule has 1 saturated heterocycles. The van der Waals surface area contributed by atoms with Crippen LogP contribution in [-0.2, 0) is 14.3 Å². The zero-order valence-electron chi connectivity index (χ0n) is 18.4. The highest BCUT2D eigenvalue weighted by molar-refractivity contribution is 6.35. The zero-order valence-corrected chi connectivity index (χ0v) is 18.4. The quantitative estimate of drug-likeness (QED) is 0.455. The summed E-state index contributed by atoms with van der Waals surface area (Å²) in [5.74, 6) is 1.13. The molecule has 2 amide bonds. The number of nitrogens with zero attached hydrogens (tertiary/aromatic N) is 2. The van der Waals surface area contributed by atoms with Crippen LogP contribution in [0.4, 0.5) is 0 Å². The van der Waals surface area contributed by atoms with Gasteiger partial charge in [0.05, 0.1) is 19.8 Å². The molecular formula is C23H32N2O5. The van der Waals surface area contributed by atoms with E-state index in [-0.39, 0.29) is 11.8 Å². The standard InChI is InChI=1S/C23H32N2O5/c1-5-30-13-7-12-25-22(26)20(17-9-10-18(28-3)19(14-17)29-4)21(23(25)27)24-11-6-8-16(2)15-24/h9-10,14,16H,5-8,11-13,15H2,1-4H3. The first-order valence-corrected chi connectivity index (χ1v) is 10.7. The number of methoxy groups -OCH3 is 2. The highest BCUT2D eigenvalue weighted by Gasteiger charge is 2.42. The predicted molar refractivity (Wildman–Crippen MR) is 114 cm³/mol. The molecule has 7 heteroatoms. The molecule has 0 saturated carbocycles. The Labute approximate surface area is 178 Å². The summed E-state index contributed by atoms with van der Waals surface area (Å²) in [6.45, 7) is 7.16. The largest absolute Gasteiger partial charge is 0.493 e. The van der Waals surface area contributed by atoms with Gasteiger partial charge >= 0.3 is 0 Å². The van der Waals surface area contributed by atoms with Gasteiger partial charge in [-0.05, 0) is 49.8 Å². The van der Waals surface area contributed by atoms with E-state index >= 15 is 0 Å². The highest BCUT2D eigenvalue weighted by atomic mass is 16.5. The third kappa shape index (κ3) is 4.46. The Morgan fingerprint density at radius 3 is 2.53 bits per heavy atom. The number of amides is 2. The number of likely N-dealkylation sites (tertiary alicyclic amines) is 1. The van der Waals surface area contributed by atoms with Crippen molar-refractivity contribution in [2.24, 2.45) is 5.92 Å².